The molecule has 2 atom stereocenters. The van der Waals surface area contributed by atoms with Gasteiger partial charge in [0.25, 0.3) is 0 Å². The van der Waals surface area contributed by atoms with Gasteiger partial charge in [-0.15, -0.1) is 10.2 Å². The van der Waals surface area contributed by atoms with Gasteiger partial charge in [0, 0.05) is 6.42 Å². The van der Waals surface area contributed by atoms with Gasteiger partial charge in [0.2, 0.25) is 10.6 Å². The number of H-pyrrole nitrogens is 1. The van der Waals surface area contributed by atoms with Crippen LogP contribution in [0.5, 0.6) is 0 Å². The molecule has 22 heavy (non-hydrogen) atoms. The lowest BCUT2D eigenvalue weighted by molar-refractivity contribution is 0.242. The zero-order chi connectivity index (χ0) is 15.1. The van der Waals surface area contributed by atoms with E-state index in [1.807, 2.05) is 0 Å². The molecule has 0 bridgehead atoms. The second-order valence-corrected chi connectivity index (χ2v) is 7.20. The van der Waals surface area contributed by atoms with Crippen LogP contribution in [-0.2, 0) is 6.42 Å². The number of aromatic nitrogens is 6. The molecule has 0 radical (unpaired) electrons. The highest BCUT2D eigenvalue weighted by atomic mass is 32.1. The van der Waals surface area contributed by atoms with Crippen LogP contribution in [0, 0.1) is 11.8 Å². The summed E-state index contributed by atoms with van der Waals surface area (Å²) >= 11 is 1.48. The number of rotatable bonds is 3. The van der Waals surface area contributed by atoms with Crippen LogP contribution in [0.2, 0.25) is 0 Å². The Hall–Kier alpha value is -1.83. The maximum absolute atomic E-state index is 12.3. The van der Waals surface area contributed by atoms with E-state index >= 15 is 0 Å². The van der Waals surface area contributed by atoms with Crippen molar-refractivity contribution in [3.05, 3.63) is 15.4 Å². The number of hydrogen-bond acceptors (Lipinski definition) is 6. The van der Waals surface area contributed by atoms with Gasteiger partial charge >= 0.3 is 5.56 Å². The molecular formula is C14H18N6OS. The first-order valence-electron chi connectivity index (χ1n) is 7.81. The number of nitrogens with zero attached hydrogens (tertiary/aromatic N) is 5. The van der Waals surface area contributed by atoms with Gasteiger partial charge in [-0.05, 0) is 18.3 Å². The largest absolute Gasteiger partial charge is 0.305 e. The molecule has 1 saturated carbocycles. The van der Waals surface area contributed by atoms with Gasteiger partial charge in [-0.2, -0.15) is 19.8 Å². The minimum atomic E-state index is -0.248. The van der Waals surface area contributed by atoms with Crippen LogP contribution in [0.15, 0.2) is 4.79 Å². The lowest BCUT2D eigenvalue weighted by atomic mass is 9.78. The standard InChI is InChI=1S/C14H18N6OS/c1-8-4-2-3-5-9(8)6-7-10-18-20-13(21)11-12(17-19-16-11)15-14(20)22-10/h8-9H,2-7H2,1H3,(H,16,17,19)/t8-,9-/m0/s1. The van der Waals surface area contributed by atoms with Crippen molar-refractivity contribution < 1.29 is 0 Å². The molecule has 0 aromatic carbocycles. The zero-order valence-electron chi connectivity index (χ0n) is 12.4. The normalized spacial score (nSPS) is 22.6. The highest BCUT2D eigenvalue weighted by molar-refractivity contribution is 7.16. The van der Waals surface area contributed by atoms with Crippen LogP contribution in [0.4, 0.5) is 0 Å². The topological polar surface area (TPSA) is 88.8 Å². The van der Waals surface area contributed by atoms with Gasteiger partial charge in [0.15, 0.2) is 5.52 Å². The summed E-state index contributed by atoms with van der Waals surface area (Å²) in [6.45, 7) is 2.36. The maximum Gasteiger partial charge on any atom is 0.305 e. The minimum Gasteiger partial charge on any atom is -0.265 e. The van der Waals surface area contributed by atoms with E-state index in [0.29, 0.717) is 10.6 Å². The van der Waals surface area contributed by atoms with E-state index in [9.17, 15) is 4.79 Å². The first kappa shape index (κ1) is 13.8. The summed E-state index contributed by atoms with van der Waals surface area (Å²) in [6.07, 6.45) is 7.44. The molecule has 3 aromatic rings. The number of fused-ring (bicyclic) bond motifs is 2. The van der Waals surface area contributed by atoms with E-state index in [0.717, 1.165) is 29.7 Å². The van der Waals surface area contributed by atoms with Crippen LogP contribution in [-0.4, -0.2) is 30.0 Å². The Morgan fingerprint density at radius 2 is 2.18 bits per heavy atom. The second-order valence-electron chi connectivity index (χ2n) is 6.16. The molecule has 0 saturated heterocycles. The van der Waals surface area contributed by atoms with Gasteiger partial charge in [-0.3, -0.25) is 4.79 Å². The summed E-state index contributed by atoms with van der Waals surface area (Å²) in [5.74, 6) is 1.58. The van der Waals surface area contributed by atoms with Crippen LogP contribution < -0.4 is 5.56 Å². The Bertz CT molecular complexity index is 865. The van der Waals surface area contributed by atoms with E-state index in [-0.39, 0.29) is 11.1 Å². The van der Waals surface area contributed by atoms with Crippen LogP contribution in [0.1, 0.15) is 44.0 Å². The maximum atomic E-state index is 12.3. The second kappa shape index (κ2) is 5.42. The Balaban J connectivity index is 1.60. The van der Waals surface area contributed by atoms with Gasteiger partial charge < -0.3 is 0 Å². The molecule has 0 amide bonds. The lowest BCUT2D eigenvalue weighted by Gasteiger charge is -2.28. The molecule has 1 fully saturated rings. The molecule has 4 rings (SSSR count). The van der Waals surface area contributed by atoms with E-state index in [1.165, 1.54) is 41.5 Å². The summed E-state index contributed by atoms with van der Waals surface area (Å²) in [7, 11) is 0. The molecule has 8 heteroatoms. The quantitative estimate of drug-likeness (QED) is 0.799. The fraction of sp³-hybridized carbons (Fsp3) is 0.643. The fourth-order valence-electron chi connectivity index (χ4n) is 3.40. The Labute approximate surface area is 130 Å². The Morgan fingerprint density at radius 1 is 1.32 bits per heavy atom. The number of aromatic amines is 1. The van der Waals surface area contributed by atoms with Gasteiger partial charge in [0.1, 0.15) is 5.01 Å². The monoisotopic (exact) mass is 318 g/mol. The van der Waals surface area contributed by atoms with Crippen LogP contribution in [0.3, 0.4) is 0 Å². The van der Waals surface area contributed by atoms with E-state index in [4.69, 9.17) is 0 Å². The van der Waals surface area contributed by atoms with Crippen LogP contribution >= 0.6 is 11.3 Å². The molecule has 3 aromatic heterocycles. The van der Waals surface area contributed by atoms with E-state index < -0.39 is 0 Å². The van der Waals surface area contributed by atoms with Crippen molar-refractivity contribution >= 4 is 27.5 Å². The van der Waals surface area contributed by atoms with Crippen molar-refractivity contribution in [3.8, 4) is 0 Å². The predicted octanol–water partition coefficient (Wildman–Crippen LogP) is 2.18. The average Bonchev–Trinajstić information content (AvgIpc) is 3.13. The summed E-state index contributed by atoms with van der Waals surface area (Å²) in [5, 5.41) is 15.6. The molecule has 0 spiro atoms. The van der Waals surface area contributed by atoms with Crippen molar-refractivity contribution in [2.24, 2.45) is 11.8 Å². The van der Waals surface area contributed by atoms with Crippen molar-refractivity contribution in [2.45, 2.75) is 45.4 Å². The molecule has 1 aliphatic carbocycles. The molecule has 3 heterocycles. The minimum absolute atomic E-state index is 0.246. The number of nitrogens with one attached hydrogen (secondary N) is 1. The molecule has 116 valence electrons. The predicted molar refractivity (Wildman–Crippen MR) is 84.0 cm³/mol. The molecule has 1 N–H and O–H groups in total. The molecule has 0 aliphatic heterocycles. The lowest BCUT2D eigenvalue weighted by Crippen LogP contribution is -2.17. The summed E-state index contributed by atoms with van der Waals surface area (Å²) < 4.78 is 1.36. The summed E-state index contributed by atoms with van der Waals surface area (Å²) in [4.78, 5) is 17.2. The van der Waals surface area contributed by atoms with Crippen molar-refractivity contribution in [2.75, 3.05) is 0 Å². The first-order chi connectivity index (χ1) is 10.7. The van der Waals surface area contributed by atoms with E-state index in [2.05, 4.69) is 32.4 Å². The van der Waals surface area contributed by atoms with Gasteiger partial charge in [-0.25, -0.2) is 0 Å². The SMILES string of the molecule is C[C@H]1CCCC[C@H]1CCc1nn2c(=O)c3n[nH]nc3nc2s1. The summed E-state index contributed by atoms with van der Waals surface area (Å²) in [6, 6.07) is 0. The van der Waals surface area contributed by atoms with Crippen molar-refractivity contribution in [1.82, 2.24) is 30.0 Å². The van der Waals surface area contributed by atoms with E-state index in [1.54, 1.807) is 0 Å². The molecule has 1 aliphatic rings. The average molecular weight is 318 g/mol. The Kier molecular flexibility index (Phi) is 3.40. The number of aryl methyl sites for hydroxylation is 1. The third-order valence-corrected chi connectivity index (χ3v) is 5.71. The number of hydrogen-bond donors (Lipinski definition) is 1. The third kappa shape index (κ3) is 2.31. The van der Waals surface area contributed by atoms with Gasteiger partial charge in [0.05, 0.1) is 0 Å². The highest BCUT2D eigenvalue weighted by Crippen LogP contribution is 2.33. The van der Waals surface area contributed by atoms with Crippen LogP contribution in [0.25, 0.3) is 16.1 Å². The van der Waals surface area contributed by atoms with Crippen molar-refractivity contribution in [1.29, 1.82) is 0 Å². The summed E-state index contributed by atoms with van der Waals surface area (Å²) in [5.41, 5.74) is 0.360. The molecule has 0 unspecified atom stereocenters. The Morgan fingerprint density at radius 3 is 3.05 bits per heavy atom. The third-order valence-electron chi connectivity index (χ3n) is 4.75. The molecular weight excluding hydrogens is 300 g/mol. The first-order valence-corrected chi connectivity index (χ1v) is 8.63. The van der Waals surface area contributed by atoms with Gasteiger partial charge in [-0.1, -0.05) is 43.9 Å². The highest BCUT2D eigenvalue weighted by Gasteiger charge is 2.22. The zero-order valence-corrected chi connectivity index (χ0v) is 13.3. The fourth-order valence-corrected chi connectivity index (χ4v) is 4.29. The van der Waals surface area contributed by atoms with Crippen molar-refractivity contribution in [3.63, 3.8) is 0 Å². The smallest absolute Gasteiger partial charge is 0.265 e. The molecule has 7 nitrogen and oxygen atoms in total.